The average Bonchev–Trinajstić information content (AvgIpc) is 2.65. The molecule has 0 aliphatic rings. The second-order valence-corrected chi connectivity index (χ2v) is 11.6. The second-order valence-electron chi connectivity index (χ2n) is 8.58. The molecule has 5 heteroatoms. The van der Waals surface area contributed by atoms with Crippen LogP contribution in [-0.4, -0.2) is 16.4 Å². The van der Waals surface area contributed by atoms with Crippen molar-refractivity contribution in [2.24, 2.45) is 0 Å². The van der Waals surface area contributed by atoms with E-state index in [1.165, 1.54) is 6.26 Å². The highest BCUT2D eigenvalue weighted by Gasteiger charge is 2.57. The summed E-state index contributed by atoms with van der Waals surface area (Å²) in [7, 11) is -4.29. The average molecular weight is 441 g/mol. The molecule has 0 heterocycles. The van der Waals surface area contributed by atoms with Gasteiger partial charge in [-0.25, -0.2) is 0 Å². The molecular weight excluding hydrogens is 407 g/mol. The van der Waals surface area contributed by atoms with Crippen molar-refractivity contribution in [3.05, 3.63) is 81.6 Å². The molecule has 0 saturated carbocycles. The van der Waals surface area contributed by atoms with Crippen LogP contribution in [0, 0.1) is 41.5 Å². The van der Waals surface area contributed by atoms with Crippen molar-refractivity contribution < 1.29 is 18.9 Å². The Morgan fingerprint density at radius 3 is 1.45 bits per heavy atom. The number of rotatable bonds is 8. The quantitative estimate of drug-likeness (QED) is 0.322. The van der Waals surface area contributed by atoms with Gasteiger partial charge >= 0.3 is 0 Å². The van der Waals surface area contributed by atoms with Crippen molar-refractivity contribution in [3.8, 4) is 0 Å². The summed E-state index contributed by atoms with van der Waals surface area (Å²) in [6, 6.07) is 7.48. The van der Waals surface area contributed by atoms with Gasteiger partial charge in [0.2, 0.25) is 11.0 Å². The summed E-state index contributed by atoms with van der Waals surface area (Å²) in [6.07, 6.45) is 1.38. The number of carbonyl (C=O) groups excluding carboxylic acids is 2. The molecule has 2 aromatic rings. The zero-order valence-corrected chi connectivity index (χ0v) is 20.8. The van der Waals surface area contributed by atoms with Crippen molar-refractivity contribution >= 4 is 18.2 Å². The summed E-state index contributed by atoms with van der Waals surface area (Å²) in [4.78, 5) is 28.0. The standard InChI is InChI=1S/C26H33O4P/c1-10-26(9,30-11-2)31(29,24(27)22-18(5)12-16(3)13-19(22)6)25(28)23-20(7)14-17(4)15-21(23)8/h11-15H,2,10H2,1,3-9H3. The van der Waals surface area contributed by atoms with Crippen LogP contribution >= 0.6 is 7.14 Å². The van der Waals surface area contributed by atoms with Gasteiger partial charge in [0.15, 0.2) is 5.34 Å². The van der Waals surface area contributed by atoms with Gasteiger partial charge in [0.05, 0.1) is 6.26 Å². The molecule has 166 valence electrons. The molecular formula is C26H33O4P. The number of ether oxygens (including phenoxy) is 1. The van der Waals surface area contributed by atoms with Crippen molar-refractivity contribution in [2.45, 2.75) is 67.2 Å². The van der Waals surface area contributed by atoms with Crippen molar-refractivity contribution in [1.29, 1.82) is 0 Å². The van der Waals surface area contributed by atoms with Crippen LogP contribution in [0.2, 0.25) is 0 Å². The maximum absolute atomic E-state index is 14.8. The minimum absolute atomic E-state index is 0.210. The molecule has 0 radical (unpaired) electrons. The summed E-state index contributed by atoms with van der Waals surface area (Å²) < 4.78 is 20.5. The first-order valence-electron chi connectivity index (χ1n) is 10.5. The number of hydrogen-bond donors (Lipinski definition) is 0. The van der Waals surface area contributed by atoms with Crippen LogP contribution in [0.1, 0.15) is 74.4 Å². The molecule has 0 amide bonds. The highest BCUT2D eigenvalue weighted by Crippen LogP contribution is 2.65. The fourth-order valence-corrected chi connectivity index (χ4v) is 7.48. The number of benzene rings is 2. The molecule has 31 heavy (non-hydrogen) atoms. The van der Waals surface area contributed by atoms with E-state index in [1.807, 2.05) is 65.8 Å². The van der Waals surface area contributed by atoms with E-state index in [0.717, 1.165) is 11.1 Å². The SMILES string of the molecule is C=COC(C)(CC)P(=O)(C(=O)c1c(C)cc(C)cc1C)C(=O)c1c(C)cc(C)cc1C. The van der Waals surface area contributed by atoms with Crippen molar-refractivity contribution in [2.75, 3.05) is 0 Å². The van der Waals surface area contributed by atoms with E-state index in [-0.39, 0.29) is 6.42 Å². The lowest BCUT2D eigenvalue weighted by Gasteiger charge is -2.35. The topological polar surface area (TPSA) is 60.4 Å². The molecule has 0 bridgehead atoms. The van der Waals surface area contributed by atoms with Crippen LogP contribution in [0.25, 0.3) is 0 Å². The van der Waals surface area contributed by atoms with Crippen LogP contribution < -0.4 is 0 Å². The normalized spacial score (nSPS) is 13.4. The molecule has 0 aromatic heterocycles. The third-order valence-electron chi connectivity index (χ3n) is 6.01. The first-order chi connectivity index (χ1) is 14.3. The van der Waals surface area contributed by atoms with E-state index in [4.69, 9.17) is 4.74 Å². The van der Waals surface area contributed by atoms with Crippen molar-refractivity contribution in [3.63, 3.8) is 0 Å². The summed E-state index contributed by atoms with van der Waals surface area (Å²) in [5.74, 6) is 0. The molecule has 0 aliphatic carbocycles. The lowest BCUT2D eigenvalue weighted by molar-refractivity contribution is 0.0899. The van der Waals surface area contributed by atoms with E-state index in [9.17, 15) is 14.2 Å². The van der Waals surface area contributed by atoms with E-state index in [2.05, 4.69) is 6.58 Å². The summed E-state index contributed by atoms with van der Waals surface area (Å²) in [5.41, 5.74) is 4.15. The minimum Gasteiger partial charge on any atom is -0.487 e. The van der Waals surface area contributed by atoms with Gasteiger partial charge in [0.25, 0.3) is 7.14 Å². The molecule has 2 aromatic carbocycles. The smallest absolute Gasteiger partial charge is 0.261 e. The lowest BCUT2D eigenvalue weighted by atomic mass is 10.0. The number of hydrogen-bond acceptors (Lipinski definition) is 4. The molecule has 0 saturated heterocycles. The second kappa shape index (κ2) is 8.96. The third kappa shape index (κ3) is 4.19. The summed E-state index contributed by atoms with van der Waals surface area (Å²) >= 11 is 0. The van der Waals surface area contributed by atoms with Gasteiger partial charge in [-0.05, 0) is 77.1 Å². The molecule has 1 atom stereocenters. The van der Waals surface area contributed by atoms with Crippen LogP contribution in [0.5, 0.6) is 0 Å². The van der Waals surface area contributed by atoms with E-state index < -0.39 is 23.5 Å². The highest BCUT2D eigenvalue weighted by atomic mass is 31.2. The summed E-state index contributed by atoms with van der Waals surface area (Å²) in [5, 5.41) is -1.50. The zero-order chi connectivity index (χ0) is 23.7. The minimum atomic E-state index is -4.29. The Morgan fingerprint density at radius 2 is 1.19 bits per heavy atom. The van der Waals surface area contributed by atoms with Gasteiger partial charge in [-0.15, -0.1) is 0 Å². The van der Waals surface area contributed by atoms with Crippen LogP contribution in [0.15, 0.2) is 37.1 Å². The Bertz CT molecular complexity index is 993. The van der Waals surface area contributed by atoms with Gasteiger partial charge in [-0.1, -0.05) is 48.9 Å². The first kappa shape index (κ1) is 24.8. The fraction of sp³-hybridized carbons (Fsp3) is 0.385. The zero-order valence-electron chi connectivity index (χ0n) is 19.9. The number of aryl methyl sites for hydroxylation is 6. The Hall–Kier alpha value is -2.45. The molecule has 0 spiro atoms. The van der Waals surface area contributed by atoms with Gasteiger partial charge in [0.1, 0.15) is 0 Å². The van der Waals surface area contributed by atoms with Crippen molar-refractivity contribution in [1.82, 2.24) is 0 Å². The van der Waals surface area contributed by atoms with Crippen LogP contribution in [0.3, 0.4) is 0 Å². The molecule has 0 N–H and O–H groups in total. The highest BCUT2D eigenvalue weighted by molar-refractivity contribution is 7.96. The van der Waals surface area contributed by atoms with Gasteiger partial charge in [-0.2, -0.15) is 0 Å². The third-order valence-corrected chi connectivity index (χ3v) is 9.36. The van der Waals surface area contributed by atoms with E-state index in [1.54, 1.807) is 13.8 Å². The van der Waals surface area contributed by atoms with Crippen LogP contribution in [0.4, 0.5) is 0 Å². The van der Waals surface area contributed by atoms with Gasteiger partial charge in [-0.3, -0.25) is 9.59 Å². The fourth-order valence-electron chi connectivity index (χ4n) is 4.43. The molecule has 0 aliphatic heterocycles. The first-order valence-corrected chi connectivity index (χ1v) is 12.2. The molecule has 1 unspecified atom stereocenters. The maximum atomic E-state index is 14.8. The lowest BCUT2D eigenvalue weighted by Crippen LogP contribution is -2.34. The predicted octanol–water partition coefficient (Wildman–Crippen LogP) is 7.17. The number of carbonyl (C=O) groups is 2. The molecule has 0 fully saturated rings. The van der Waals surface area contributed by atoms with Gasteiger partial charge in [0, 0.05) is 11.1 Å². The Kier molecular flexibility index (Phi) is 7.17. The van der Waals surface area contributed by atoms with E-state index >= 15 is 0 Å². The van der Waals surface area contributed by atoms with Gasteiger partial charge < -0.3 is 9.30 Å². The maximum Gasteiger partial charge on any atom is 0.261 e. The Morgan fingerprint density at radius 1 is 0.871 bits per heavy atom. The van der Waals surface area contributed by atoms with Crippen LogP contribution in [-0.2, 0) is 9.30 Å². The summed E-state index contributed by atoms with van der Waals surface area (Å²) in [6.45, 7) is 18.0. The molecule has 2 rings (SSSR count). The largest absolute Gasteiger partial charge is 0.487 e. The van der Waals surface area contributed by atoms with E-state index in [0.29, 0.717) is 33.4 Å². The Balaban J connectivity index is 2.90. The predicted molar refractivity (Wildman–Crippen MR) is 128 cm³/mol. The monoisotopic (exact) mass is 440 g/mol. The molecule has 4 nitrogen and oxygen atoms in total. The Labute approximate surface area is 186 Å².